The Balaban J connectivity index is 1.66. The fraction of sp³-hybridized carbons (Fsp3) is 0.273. The number of aryl methyl sites for hydroxylation is 3. The molecule has 0 spiro atoms. The molecule has 0 atom stereocenters. The minimum atomic E-state index is -0.500. The fourth-order valence-corrected chi connectivity index (χ4v) is 2.76. The molecule has 27 heavy (non-hydrogen) atoms. The summed E-state index contributed by atoms with van der Waals surface area (Å²) in [6, 6.07) is 12.7. The van der Waals surface area contributed by atoms with Crippen LogP contribution >= 0.6 is 0 Å². The molecular formula is C22H22O5. The molecule has 0 N–H and O–H groups in total. The number of fused-ring (bicyclic) bond motifs is 1. The molecule has 0 aliphatic carbocycles. The number of carbonyl (C=O) groups excluding carboxylic acids is 1. The zero-order valence-corrected chi connectivity index (χ0v) is 15.7. The van der Waals surface area contributed by atoms with Crippen molar-refractivity contribution in [2.75, 3.05) is 6.61 Å². The van der Waals surface area contributed by atoms with Crippen LogP contribution in [-0.4, -0.2) is 12.6 Å². The van der Waals surface area contributed by atoms with Crippen molar-refractivity contribution in [3.63, 3.8) is 0 Å². The molecule has 2 aromatic carbocycles. The number of hydrogen-bond donors (Lipinski definition) is 0. The molecule has 0 amide bonds. The molecule has 140 valence electrons. The zero-order chi connectivity index (χ0) is 19.4. The molecule has 0 bridgehead atoms. The van der Waals surface area contributed by atoms with Crippen LogP contribution in [-0.2, 0) is 22.6 Å². The van der Waals surface area contributed by atoms with E-state index in [1.54, 1.807) is 0 Å². The summed E-state index contributed by atoms with van der Waals surface area (Å²) in [5.41, 5.74) is 3.97. The molecule has 1 aromatic heterocycles. The maximum atomic E-state index is 12.0. The predicted molar refractivity (Wildman–Crippen MR) is 103 cm³/mol. The normalized spacial score (nSPS) is 10.8. The molecule has 0 fully saturated rings. The molecule has 1 heterocycles. The van der Waals surface area contributed by atoms with Crippen molar-refractivity contribution in [2.24, 2.45) is 0 Å². The van der Waals surface area contributed by atoms with Gasteiger partial charge >= 0.3 is 11.6 Å². The molecule has 5 heteroatoms. The van der Waals surface area contributed by atoms with E-state index in [-0.39, 0.29) is 13.2 Å². The summed E-state index contributed by atoms with van der Waals surface area (Å²) in [5, 5.41) is 0.759. The number of benzene rings is 2. The summed E-state index contributed by atoms with van der Waals surface area (Å²) >= 11 is 0. The van der Waals surface area contributed by atoms with Gasteiger partial charge < -0.3 is 13.9 Å². The van der Waals surface area contributed by atoms with E-state index in [9.17, 15) is 9.59 Å². The van der Waals surface area contributed by atoms with Gasteiger partial charge in [0, 0.05) is 17.0 Å². The molecule has 0 unspecified atom stereocenters. The third-order valence-electron chi connectivity index (χ3n) is 4.53. The Hall–Kier alpha value is -3.08. The Bertz CT molecular complexity index is 1030. The molecule has 5 nitrogen and oxygen atoms in total. The summed E-state index contributed by atoms with van der Waals surface area (Å²) in [4.78, 5) is 23.8. The standard InChI is InChI=1S/C22H22O5/c1-4-16-6-8-19-17(11-21(23)27-20(19)10-16)12-26-22(24)13-25-18-7-5-14(2)15(3)9-18/h5-11H,4,12-13H2,1-3H3. The predicted octanol–water partition coefficient (Wildman–Crippen LogP) is 4.09. The highest BCUT2D eigenvalue weighted by molar-refractivity contribution is 5.81. The molecular weight excluding hydrogens is 344 g/mol. The van der Waals surface area contributed by atoms with E-state index in [0.717, 1.165) is 28.5 Å². The molecule has 0 saturated heterocycles. The van der Waals surface area contributed by atoms with Gasteiger partial charge in [-0.1, -0.05) is 25.1 Å². The first-order chi connectivity index (χ1) is 13.0. The number of esters is 1. The Labute approximate surface area is 157 Å². The van der Waals surface area contributed by atoms with Crippen LogP contribution in [0, 0.1) is 13.8 Å². The Morgan fingerprint density at radius 1 is 1.04 bits per heavy atom. The first-order valence-electron chi connectivity index (χ1n) is 8.87. The summed E-state index contributed by atoms with van der Waals surface area (Å²) in [6.07, 6.45) is 0.842. The van der Waals surface area contributed by atoms with Gasteiger partial charge in [0.25, 0.3) is 0 Å². The molecule has 3 aromatic rings. The highest BCUT2D eigenvalue weighted by atomic mass is 16.6. The van der Waals surface area contributed by atoms with Crippen molar-refractivity contribution in [2.45, 2.75) is 33.8 Å². The van der Waals surface area contributed by atoms with Crippen LogP contribution in [0.25, 0.3) is 11.0 Å². The Morgan fingerprint density at radius 3 is 2.59 bits per heavy atom. The maximum absolute atomic E-state index is 12.0. The van der Waals surface area contributed by atoms with Crippen molar-refractivity contribution < 1.29 is 18.7 Å². The highest BCUT2D eigenvalue weighted by Gasteiger charge is 2.10. The largest absolute Gasteiger partial charge is 0.482 e. The second-order valence-electron chi connectivity index (χ2n) is 6.47. The maximum Gasteiger partial charge on any atom is 0.344 e. The summed E-state index contributed by atoms with van der Waals surface area (Å²) < 4.78 is 16.0. The quantitative estimate of drug-likeness (QED) is 0.485. The topological polar surface area (TPSA) is 65.7 Å². The van der Waals surface area contributed by atoms with Crippen LogP contribution in [0.3, 0.4) is 0 Å². The number of carbonyl (C=O) groups is 1. The number of rotatable bonds is 6. The van der Waals surface area contributed by atoms with Crippen LogP contribution in [0.15, 0.2) is 51.7 Å². The van der Waals surface area contributed by atoms with E-state index in [1.165, 1.54) is 6.07 Å². The van der Waals surface area contributed by atoms with Gasteiger partial charge in [0.05, 0.1) is 0 Å². The third kappa shape index (κ3) is 4.56. The lowest BCUT2D eigenvalue weighted by atomic mass is 10.1. The first kappa shape index (κ1) is 18.7. The average molecular weight is 366 g/mol. The molecule has 0 aliphatic heterocycles. The van der Waals surface area contributed by atoms with E-state index in [2.05, 4.69) is 0 Å². The van der Waals surface area contributed by atoms with Gasteiger partial charge in [-0.15, -0.1) is 0 Å². The van der Waals surface area contributed by atoms with Gasteiger partial charge in [0.1, 0.15) is 17.9 Å². The van der Waals surface area contributed by atoms with Crippen LogP contribution in [0.5, 0.6) is 5.75 Å². The minimum Gasteiger partial charge on any atom is -0.482 e. The van der Waals surface area contributed by atoms with Crippen molar-refractivity contribution in [1.29, 1.82) is 0 Å². The van der Waals surface area contributed by atoms with Gasteiger partial charge in [-0.2, -0.15) is 0 Å². The van der Waals surface area contributed by atoms with Gasteiger partial charge in [-0.05, 0) is 55.2 Å². The van der Waals surface area contributed by atoms with Crippen molar-refractivity contribution in [3.05, 3.63) is 75.1 Å². The van der Waals surface area contributed by atoms with Crippen molar-refractivity contribution in [1.82, 2.24) is 0 Å². The van der Waals surface area contributed by atoms with E-state index in [4.69, 9.17) is 13.9 Å². The van der Waals surface area contributed by atoms with Crippen molar-refractivity contribution >= 4 is 16.9 Å². The Morgan fingerprint density at radius 2 is 1.85 bits per heavy atom. The van der Waals surface area contributed by atoms with Crippen molar-refractivity contribution in [3.8, 4) is 5.75 Å². The molecule has 0 radical (unpaired) electrons. The van der Waals surface area contributed by atoms with Gasteiger partial charge in [0.2, 0.25) is 0 Å². The van der Waals surface area contributed by atoms with E-state index in [1.807, 2.05) is 57.2 Å². The number of hydrogen-bond acceptors (Lipinski definition) is 5. The lowest BCUT2D eigenvalue weighted by molar-refractivity contribution is -0.147. The minimum absolute atomic E-state index is 0.0112. The zero-order valence-electron chi connectivity index (χ0n) is 15.7. The van der Waals surface area contributed by atoms with E-state index >= 15 is 0 Å². The van der Waals surface area contributed by atoms with Gasteiger partial charge in [-0.25, -0.2) is 9.59 Å². The molecule has 3 rings (SSSR count). The monoisotopic (exact) mass is 366 g/mol. The smallest absolute Gasteiger partial charge is 0.344 e. The Kier molecular flexibility index (Phi) is 5.60. The van der Waals surface area contributed by atoms with Crippen LogP contribution in [0.4, 0.5) is 0 Å². The lowest BCUT2D eigenvalue weighted by Gasteiger charge is -2.10. The average Bonchev–Trinajstić information content (AvgIpc) is 2.66. The molecule has 0 saturated carbocycles. The van der Waals surface area contributed by atoms with Gasteiger partial charge in [-0.3, -0.25) is 0 Å². The highest BCUT2D eigenvalue weighted by Crippen LogP contribution is 2.20. The van der Waals surface area contributed by atoms with Gasteiger partial charge in [0.15, 0.2) is 6.61 Å². The SMILES string of the molecule is CCc1ccc2c(COC(=O)COc3ccc(C)c(C)c3)cc(=O)oc2c1. The summed E-state index contributed by atoms with van der Waals surface area (Å²) in [5.74, 6) is 0.118. The summed E-state index contributed by atoms with van der Waals surface area (Å²) in [7, 11) is 0. The second kappa shape index (κ2) is 8.08. The van der Waals surface area contributed by atoms with E-state index < -0.39 is 11.6 Å². The lowest BCUT2D eigenvalue weighted by Crippen LogP contribution is -2.15. The van der Waals surface area contributed by atoms with Crippen LogP contribution in [0.2, 0.25) is 0 Å². The molecule has 0 aliphatic rings. The third-order valence-corrected chi connectivity index (χ3v) is 4.53. The fourth-order valence-electron chi connectivity index (χ4n) is 2.76. The van der Waals surface area contributed by atoms with Crippen LogP contribution < -0.4 is 10.4 Å². The number of ether oxygens (including phenoxy) is 2. The van der Waals surface area contributed by atoms with Crippen LogP contribution in [0.1, 0.15) is 29.2 Å². The van der Waals surface area contributed by atoms with E-state index in [0.29, 0.717) is 16.9 Å². The second-order valence-corrected chi connectivity index (χ2v) is 6.47. The summed E-state index contributed by atoms with van der Waals surface area (Å²) in [6.45, 7) is 5.82. The first-order valence-corrected chi connectivity index (χ1v) is 8.87.